The third kappa shape index (κ3) is 3.55. The van der Waals surface area contributed by atoms with E-state index >= 15 is 0 Å². The molecule has 110 valence electrons. The lowest BCUT2D eigenvalue weighted by Crippen LogP contribution is -2.34. The number of methoxy groups -OCH3 is 1. The van der Waals surface area contributed by atoms with Crippen LogP contribution in [0.1, 0.15) is 11.1 Å². The molecule has 0 amide bonds. The second-order valence-corrected chi connectivity index (χ2v) is 4.08. The van der Waals surface area contributed by atoms with E-state index in [1.54, 1.807) is 23.5 Å². The van der Waals surface area contributed by atoms with Crippen molar-refractivity contribution >= 4 is 0 Å². The van der Waals surface area contributed by atoms with Crippen molar-refractivity contribution in [1.29, 1.82) is 0 Å². The highest BCUT2D eigenvalue weighted by Crippen LogP contribution is 2.37. The van der Waals surface area contributed by atoms with Gasteiger partial charge in [-0.1, -0.05) is 6.07 Å². The Hall–Kier alpha value is -1.93. The van der Waals surface area contributed by atoms with E-state index in [4.69, 9.17) is 4.74 Å². The lowest BCUT2D eigenvalue weighted by atomic mass is 10.1. The number of rotatable bonds is 5. The van der Waals surface area contributed by atoms with Crippen LogP contribution in [0.25, 0.3) is 0 Å². The summed E-state index contributed by atoms with van der Waals surface area (Å²) >= 11 is 0. The smallest absolute Gasteiger partial charge is 0.419 e. The third-order valence-electron chi connectivity index (χ3n) is 2.58. The standard InChI is InChI=1S/C12H14F3N3O2/c1-19-8-20-11-3-2-9(6-10(11)12(13,14)15)7-18-5-4-16-17-18/h2-6,16-17H,7-8H2,1H3. The molecule has 0 radical (unpaired) electrons. The van der Waals surface area contributed by atoms with E-state index in [1.807, 2.05) is 0 Å². The summed E-state index contributed by atoms with van der Waals surface area (Å²) in [6, 6.07) is 3.94. The fraction of sp³-hybridized carbons (Fsp3) is 0.333. The van der Waals surface area contributed by atoms with Crippen molar-refractivity contribution in [2.45, 2.75) is 12.7 Å². The maximum absolute atomic E-state index is 13.0. The summed E-state index contributed by atoms with van der Waals surface area (Å²) in [4.78, 5) is 0. The van der Waals surface area contributed by atoms with Gasteiger partial charge in [-0.2, -0.15) is 13.2 Å². The van der Waals surface area contributed by atoms with E-state index in [0.29, 0.717) is 5.56 Å². The van der Waals surface area contributed by atoms with Crippen LogP contribution in [0.2, 0.25) is 0 Å². The van der Waals surface area contributed by atoms with Gasteiger partial charge in [-0.3, -0.25) is 5.01 Å². The highest BCUT2D eigenvalue weighted by molar-refractivity contribution is 5.39. The van der Waals surface area contributed by atoms with Crippen LogP contribution >= 0.6 is 0 Å². The Kier molecular flexibility index (Phi) is 4.35. The molecule has 1 aliphatic rings. The summed E-state index contributed by atoms with van der Waals surface area (Å²) in [6.07, 6.45) is -1.16. The molecule has 1 aliphatic heterocycles. The minimum atomic E-state index is -4.48. The minimum absolute atomic E-state index is 0.233. The summed E-state index contributed by atoms with van der Waals surface area (Å²) in [6.45, 7) is 0.0555. The maximum atomic E-state index is 13.0. The van der Waals surface area contributed by atoms with Gasteiger partial charge in [0.05, 0.1) is 12.1 Å². The molecule has 0 bridgehead atoms. The van der Waals surface area contributed by atoms with Crippen LogP contribution in [0.3, 0.4) is 0 Å². The summed E-state index contributed by atoms with van der Waals surface area (Å²) in [5.41, 5.74) is 5.15. The van der Waals surface area contributed by atoms with E-state index in [2.05, 4.69) is 15.7 Å². The molecule has 2 N–H and O–H groups in total. The van der Waals surface area contributed by atoms with Gasteiger partial charge in [-0.05, 0) is 17.7 Å². The van der Waals surface area contributed by atoms with Gasteiger partial charge in [0, 0.05) is 19.5 Å². The summed E-state index contributed by atoms with van der Waals surface area (Å²) in [7, 11) is 1.35. The van der Waals surface area contributed by atoms with Gasteiger partial charge in [0.2, 0.25) is 0 Å². The van der Waals surface area contributed by atoms with Crippen molar-refractivity contribution in [3.63, 3.8) is 0 Å². The zero-order valence-corrected chi connectivity index (χ0v) is 10.7. The second-order valence-electron chi connectivity index (χ2n) is 4.08. The third-order valence-corrected chi connectivity index (χ3v) is 2.58. The Balaban J connectivity index is 2.20. The normalized spacial score (nSPS) is 14.5. The molecule has 0 unspecified atom stereocenters. The maximum Gasteiger partial charge on any atom is 0.419 e. The van der Waals surface area contributed by atoms with E-state index in [-0.39, 0.29) is 19.1 Å². The van der Waals surface area contributed by atoms with Crippen molar-refractivity contribution in [3.8, 4) is 5.75 Å². The van der Waals surface area contributed by atoms with Crippen LogP contribution in [0.15, 0.2) is 30.6 Å². The number of benzene rings is 1. The fourth-order valence-corrected chi connectivity index (χ4v) is 1.72. The van der Waals surface area contributed by atoms with Gasteiger partial charge >= 0.3 is 6.18 Å². The zero-order chi connectivity index (χ0) is 14.6. The fourth-order valence-electron chi connectivity index (χ4n) is 1.72. The van der Waals surface area contributed by atoms with Crippen molar-refractivity contribution in [1.82, 2.24) is 16.0 Å². The molecular weight excluding hydrogens is 275 g/mol. The SMILES string of the molecule is COCOc1ccc(CN2C=CNN2)cc1C(F)(F)F. The number of hydrazine groups is 2. The molecule has 20 heavy (non-hydrogen) atoms. The molecule has 1 heterocycles. The number of hydrogen-bond acceptors (Lipinski definition) is 5. The number of nitrogens with zero attached hydrogens (tertiary/aromatic N) is 1. The monoisotopic (exact) mass is 289 g/mol. The average molecular weight is 289 g/mol. The van der Waals surface area contributed by atoms with Crippen LogP contribution < -0.4 is 15.7 Å². The molecule has 0 spiro atoms. The molecule has 0 atom stereocenters. The van der Waals surface area contributed by atoms with Crippen LogP contribution in [-0.2, 0) is 17.5 Å². The molecule has 0 saturated carbocycles. The quantitative estimate of drug-likeness (QED) is 0.812. The molecular formula is C12H14F3N3O2. The first kappa shape index (κ1) is 14.5. The zero-order valence-electron chi connectivity index (χ0n) is 10.7. The summed E-state index contributed by atoms with van der Waals surface area (Å²) in [5, 5.41) is 1.62. The Labute approximate surface area is 113 Å². The molecule has 8 heteroatoms. The Morgan fingerprint density at radius 1 is 1.30 bits per heavy atom. The molecule has 5 nitrogen and oxygen atoms in total. The van der Waals surface area contributed by atoms with Gasteiger partial charge in [0.15, 0.2) is 6.79 Å². The van der Waals surface area contributed by atoms with Gasteiger partial charge in [0.25, 0.3) is 0 Å². The number of nitrogens with one attached hydrogen (secondary N) is 2. The summed E-state index contributed by atoms with van der Waals surface area (Å²) in [5.74, 6) is -0.244. The minimum Gasteiger partial charge on any atom is -0.467 e. The van der Waals surface area contributed by atoms with Gasteiger partial charge < -0.3 is 14.9 Å². The number of ether oxygens (including phenoxy) is 2. The molecule has 0 aliphatic carbocycles. The Bertz CT molecular complexity index is 491. The molecule has 0 fully saturated rings. The molecule has 1 aromatic rings. The number of halogens is 3. The van der Waals surface area contributed by atoms with E-state index < -0.39 is 11.7 Å². The van der Waals surface area contributed by atoms with Crippen LogP contribution in [0, 0.1) is 0 Å². The largest absolute Gasteiger partial charge is 0.467 e. The van der Waals surface area contributed by atoms with Crippen molar-refractivity contribution in [2.75, 3.05) is 13.9 Å². The van der Waals surface area contributed by atoms with Crippen LogP contribution in [0.5, 0.6) is 5.75 Å². The second kappa shape index (κ2) is 6.02. The molecule has 0 aromatic heterocycles. The predicted molar refractivity (Wildman–Crippen MR) is 64.9 cm³/mol. The van der Waals surface area contributed by atoms with Crippen molar-refractivity contribution in [2.24, 2.45) is 0 Å². The van der Waals surface area contributed by atoms with Crippen molar-refractivity contribution < 1.29 is 22.6 Å². The first-order valence-electron chi connectivity index (χ1n) is 5.77. The van der Waals surface area contributed by atoms with E-state index in [9.17, 15) is 13.2 Å². The predicted octanol–water partition coefficient (Wildman–Crippen LogP) is 1.98. The number of hydrogen-bond donors (Lipinski definition) is 2. The topological polar surface area (TPSA) is 45.8 Å². The lowest BCUT2D eigenvalue weighted by molar-refractivity contribution is -0.139. The molecule has 0 saturated heterocycles. The molecule has 2 rings (SSSR count). The Morgan fingerprint density at radius 3 is 2.70 bits per heavy atom. The van der Waals surface area contributed by atoms with Gasteiger partial charge in [-0.15, -0.1) is 5.53 Å². The van der Waals surface area contributed by atoms with Gasteiger partial charge in [-0.25, -0.2) is 0 Å². The highest BCUT2D eigenvalue weighted by atomic mass is 19.4. The summed E-state index contributed by atoms with van der Waals surface area (Å²) < 4.78 is 48.5. The van der Waals surface area contributed by atoms with Crippen molar-refractivity contribution in [3.05, 3.63) is 41.7 Å². The number of alkyl halides is 3. The molecule has 1 aromatic carbocycles. The van der Waals surface area contributed by atoms with E-state index in [0.717, 1.165) is 6.07 Å². The van der Waals surface area contributed by atoms with E-state index in [1.165, 1.54) is 13.2 Å². The lowest BCUT2D eigenvalue weighted by Gasteiger charge is -2.18. The average Bonchev–Trinajstić information content (AvgIpc) is 2.89. The highest BCUT2D eigenvalue weighted by Gasteiger charge is 2.34. The Morgan fingerprint density at radius 2 is 2.10 bits per heavy atom. The van der Waals surface area contributed by atoms with Gasteiger partial charge in [0.1, 0.15) is 5.75 Å². The first-order valence-corrected chi connectivity index (χ1v) is 5.77. The first-order chi connectivity index (χ1) is 9.50. The van der Waals surface area contributed by atoms with Crippen LogP contribution in [0.4, 0.5) is 13.2 Å². The van der Waals surface area contributed by atoms with Crippen LogP contribution in [-0.4, -0.2) is 18.9 Å².